The van der Waals surface area contributed by atoms with Crippen molar-refractivity contribution in [1.29, 1.82) is 0 Å². The molecule has 0 unspecified atom stereocenters. The van der Waals surface area contributed by atoms with Gasteiger partial charge < -0.3 is 9.84 Å². The van der Waals surface area contributed by atoms with Gasteiger partial charge in [-0.15, -0.1) is 0 Å². The van der Waals surface area contributed by atoms with Gasteiger partial charge in [0.1, 0.15) is 0 Å². The van der Waals surface area contributed by atoms with E-state index in [1.54, 1.807) is 0 Å². The first-order valence-corrected chi connectivity index (χ1v) is 3.32. The molecule has 10 heavy (non-hydrogen) atoms. The summed E-state index contributed by atoms with van der Waals surface area (Å²) in [7, 11) is 1.31. The number of esters is 1. The zero-order valence-corrected chi connectivity index (χ0v) is 6.63. The van der Waals surface area contributed by atoms with Crippen molar-refractivity contribution < 1.29 is 14.6 Å². The Morgan fingerprint density at radius 1 is 1.60 bits per heavy atom. The number of carbonyl (C=O) groups excluding carboxylic acids is 1. The van der Waals surface area contributed by atoms with Crippen LogP contribution in [0.1, 0.15) is 20.3 Å². The van der Waals surface area contributed by atoms with Gasteiger partial charge in [-0.1, -0.05) is 13.8 Å². The smallest absolute Gasteiger partial charge is 0.308 e. The fourth-order valence-electron chi connectivity index (χ4n) is 0.490. The summed E-state index contributed by atoms with van der Waals surface area (Å²) in [5, 5.41) is 9.13. The number of aliphatic hydroxyl groups excluding tert-OH is 1. The molecule has 0 saturated heterocycles. The van der Waals surface area contributed by atoms with E-state index in [2.05, 4.69) is 4.74 Å². The Balaban J connectivity index is 3.57. The summed E-state index contributed by atoms with van der Waals surface area (Å²) in [6.07, 6.45) is -0.485. The van der Waals surface area contributed by atoms with Crippen molar-refractivity contribution in [1.82, 2.24) is 0 Å². The van der Waals surface area contributed by atoms with Gasteiger partial charge in [-0.3, -0.25) is 4.79 Å². The van der Waals surface area contributed by atoms with Crippen molar-refractivity contribution in [2.75, 3.05) is 7.11 Å². The molecule has 1 N–H and O–H groups in total. The topological polar surface area (TPSA) is 46.5 Å². The molecule has 0 fully saturated rings. The Hall–Kier alpha value is -0.570. The maximum Gasteiger partial charge on any atom is 0.308 e. The normalized spacial score (nSPS) is 13.3. The van der Waals surface area contributed by atoms with Crippen molar-refractivity contribution >= 4 is 5.97 Å². The van der Waals surface area contributed by atoms with Crippen LogP contribution in [-0.2, 0) is 9.53 Å². The van der Waals surface area contributed by atoms with Crippen LogP contribution >= 0.6 is 0 Å². The Morgan fingerprint density at radius 3 is 2.40 bits per heavy atom. The van der Waals surface area contributed by atoms with Gasteiger partial charge in [-0.25, -0.2) is 0 Å². The fraction of sp³-hybridized carbons (Fsp3) is 0.857. The molecule has 0 saturated carbocycles. The summed E-state index contributed by atoms with van der Waals surface area (Å²) in [5.74, 6) is -0.250. The fourth-order valence-corrected chi connectivity index (χ4v) is 0.490. The zero-order valence-electron chi connectivity index (χ0n) is 6.63. The van der Waals surface area contributed by atoms with Crippen molar-refractivity contribution in [2.45, 2.75) is 26.4 Å². The molecular formula is C7H14O3. The molecule has 0 heterocycles. The van der Waals surface area contributed by atoms with Gasteiger partial charge in [0.05, 0.1) is 19.6 Å². The highest BCUT2D eigenvalue weighted by atomic mass is 16.5. The van der Waals surface area contributed by atoms with E-state index in [1.165, 1.54) is 7.11 Å². The number of ether oxygens (including phenoxy) is 1. The third-order valence-electron chi connectivity index (χ3n) is 1.37. The second-order valence-electron chi connectivity index (χ2n) is 2.59. The van der Waals surface area contributed by atoms with Crippen LogP contribution in [0, 0.1) is 5.92 Å². The third kappa shape index (κ3) is 3.45. The molecule has 0 amide bonds. The van der Waals surface area contributed by atoms with E-state index in [4.69, 9.17) is 5.11 Å². The summed E-state index contributed by atoms with van der Waals surface area (Å²) in [6.45, 7) is 3.71. The van der Waals surface area contributed by atoms with Crippen molar-refractivity contribution in [3.05, 3.63) is 0 Å². The van der Waals surface area contributed by atoms with Gasteiger partial charge in [-0.2, -0.15) is 0 Å². The first-order chi connectivity index (χ1) is 4.57. The standard InChI is InChI=1S/C7H14O3/c1-5(2)6(8)4-7(9)10-3/h5-6,8H,4H2,1-3H3/t6-/m1/s1. The number of hydrogen-bond acceptors (Lipinski definition) is 3. The van der Waals surface area contributed by atoms with Crippen LogP contribution in [0.3, 0.4) is 0 Å². The molecule has 3 nitrogen and oxygen atoms in total. The molecule has 0 aliphatic heterocycles. The zero-order chi connectivity index (χ0) is 8.15. The molecular weight excluding hydrogens is 132 g/mol. The summed E-state index contributed by atoms with van der Waals surface area (Å²) in [4.78, 5) is 10.5. The van der Waals surface area contributed by atoms with Crippen molar-refractivity contribution in [2.24, 2.45) is 5.92 Å². The Bertz CT molecular complexity index is 109. The SMILES string of the molecule is COC(=O)C[C@@H](O)C(C)C. The summed E-state index contributed by atoms with van der Waals surface area (Å²) in [5.41, 5.74) is 0. The minimum Gasteiger partial charge on any atom is -0.469 e. The van der Waals surface area contributed by atoms with Crippen LogP contribution in [0.5, 0.6) is 0 Å². The third-order valence-corrected chi connectivity index (χ3v) is 1.37. The van der Waals surface area contributed by atoms with Gasteiger partial charge in [0.25, 0.3) is 0 Å². The molecule has 0 aromatic carbocycles. The lowest BCUT2D eigenvalue weighted by Crippen LogP contribution is -2.19. The van der Waals surface area contributed by atoms with Crippen molar-refractivity contribution in [3.63, 3.8) is 0 Å². The molecule has 60 valence electrons. The van der Waals surface area contributed by atoms with E-state index in [0.29, 0.717) is 0 Å². The highest BCUT2D eigenvalue weighted by Crippen LogP contribution is 2.05. The predicted molar refractivity (Wildman–Crippen MR) is 37.5 cm³/mol. The molecule has 0 aromatic heterocycles. The van der Waals surface area contributed by atoms with E-state index >= 15 is 0 Å². The lowest BCUT2D eigenvalue weighted by Gasteiger charge is -2.11. The molecule has 0 aromatic rings. The van der Waals surface area contributed by atoms with Gasteiger partial charge in [0.2, 0.25) is 0 Å². The number of methoxy groups -OCH3 is 1. The number of aliphatic hydroxyl groups is 1. The lowest BCUT2D eigenvalue weighted by atomic mass is 10.1. The molecule has 3 heteroatoms. The second kappa shape index (κ2) is 4.28. The average molecular weight is 146 g/mol. The van der Waals surface area contributed by atoms with Gasteiger partial charge in [-0.05, 0) is 5.92 Å². The van der Waals surface area contributed by atoms with E-state index < -0.39 is 6.10 Å². The first kappa shape index (κ1) is 9.43. The maximum absolute atomic E-state index is 10.5. The minimum absolute atomic E-state index is 0.0914. The average Bonchev–Trinajstić information content (AvgIpc) is 1.87. The highest BCUT2D eigenvalue weighted by molar-refractivity contribution is 5.69. The van der Waals surface area contributed by atoms with E-state index in [-0.39, 0.29) is 18.3 Å². The quantitative estimate of drug-likeness (QED) is 0.592. The summed E-state index contributed by atoms with van der Waals surface area (Å²) >= 11 is 0. The second-order valence-corrected chi connectivity index (χ2v) is 2.59. The van der Waals surface area contributed by atoms with E-state index in [9.17, 15) is 4.79 Å². The van der Waals surface area contributed by atoms with E-state index in [1.807, 2.05) is 13.8 Å². The van der Waals surface area contributed by atoms with Gasteiger partial charge in [0.15, 0.2) is 0 Å². The molecule has 1 atom stereocenters. The van der Waals surface area contributed by atoms with Gasteiger partial charge >= 0.3 is 5.97 Å². The Kier molecular flexibility index (Phi) is 4.03. The van der Waals surface area contributed by atoms with Crippen LogP contribution in [0.15, 0.2) is 0 Å². The number of carbonyl (C=O) groups is 1. The molecule has 0 rings (SSSR count). The Morgan fingerprint density at radius 2 is 2.10 bits per heavy atom. The lowest BCUT2D eigenvalue weighted by molar-refractivity contribution is -0.143. The van der Waals surface area contributed by atoms with Crippen LogP contribution < -0.4 is 0 Å². The minimum atomic E-state index is -0.576. The monoisotopic (exact) mass is 146 g/mol. The number of hydrogen-bond donors (Lipinski definition) is 1. The van der Waals surface area contributed by atoms with E-state index in [0.717, 1.165) is 0 Å². The first-order valence-electron chi connectivity index (χ1n) is 3.32. The largest absolute Gasteiger partial charge is 0.469 e. The molecule has 0 bridgehead atoms. The summed E-state index contributed by atoms with van der Waals surface area (Å²) in [6, 6.07) is 0. The number of rotatable bonds is 3. The van der Waals surface area contributed by atoms with Crippen LogP contribution in [0.2, 0.25) is 0 Å². The summed E-state index contributed by atoms with van der Waals surface area (Å²) < 4.78 is 4.37. The molecule has 0 aliphatic rings. The van der Waals surface area contributed by atoms with Crippen LogP contribution in [0.25, 0.3) is 0 Å². The Labute approximate surface area is 61.0 Å². The molecule has 0 spiro atoms. The molecule has 0 aliphatic carbocycles. The van der Waals surface area contributed by atoms with Crippen LogP contribution in [0.4, 0.5) is 0 Å². The predicted octanol–water partition coefficient (Wildman–Crippen LogP) is 0.566. The maximum atomic E-state index is 10.5. The molecule has 0 radical (unpaired) electrons. The highest BCUT2D eigenvalue weighted by Gasteiger charge is 2.13. The van der Waals surface area contributed by atoms with Crippen molar-refractivity contribution in [3.8, 4) is 0 Å². The van der Waals surface area contributed by atoms with Gasteiger partial charge in [0, 0.05) is 0 Å². The van der Waals surface area contributed by atoms with Crippen LogP contribution in [-0.4, -0.2) is 24.3 Å².